The van der Waals surface area contributed by atoms with E-state index in [2.05, 4.69) is 34.9 Å². The number of hydrogen-bond donors (Lipinski definition) is 3. The summed E-state index contributed by atoms with van der Waals surface area (Å²) in [6.45, 7) is 3.58. The van der Waals surface area contributed by atoms with Gasteiger partial charge in [-0.15, -0.1) is 11.3 Å². The molecule has 0 fully saturated rings. The summed E-state index contributed by atoms with van der Waals surface area (Å²) < 4.78 is 3.61. The molecule has 0 atom stereocenters. The first-order chi connectivity index (χ1) is 18.3. The van der Waals surface area contributed by atoms with Crippen LogP contribution < -0.4 is 11.1 Å². The first kappa shape index (κ1) is 26.6. The lowest BCUT2D eigenvalue weighted by Crippen LogP contribution is -2.08. The summed E-state index contributed by atoms with van der Waals surface area (Å²) in [6.07, 6.45) is 5.35. The van der Waals surface area contributed by atoms with Crippen LogP contribution in [0.3, 0.4) is 0 Å². The molecule has 0 saturated heterocycles. The monoisotopic (exact) mass is 607 g/mol. The molecule has 6 aromatic rings. The summed E-state index contributed by atoms with van der Waals surface area (Å²) in [6, 6.07) is 2.92. The highest BCUT2D eigenvalue weighted by Gasteiger charge is 2.12. The smallest absolute Gasteiger partial charge is 0.251 e. The summed E-state index contributed by atoms with van der Waals surface area (Å²) in [4.78, 5) is 49.1. The average Bonchev–Trinajstić information content (AvgIpc) is 3.61. The SMILES string of the molecule is Cc1cc(=O)[nH]c(SCc2[nH]c3nccn3c2Cl)n1.Cc1cc(=O)[nH]c(SCc2nc3sccn3c2Cl)n1. The van der Waals surface area contributed by atoms with E-state index < -0.39 is 0 Å². The second kappa shape index (κ2) is 11.4. The van der Waals surface area contributed by atoms with Gasteiger partial charge < -0.3 is 15.0 Å². The van der Waals surface area contributed by atoms with Crippen LogP contribution >= 0.6 is 58.1 Å². The molecule has 0 aromatic carbocycles. The first-order valence-corrected chi connectivity index (χ1v) is 14.6. The third-order valence-corrected chi connectivity index (χ3v) is 8.38. The highest BCUT2D eigenvalue weighted by Crippen LogP contribution is 2.27. The van der Waals surface area contributed by atoms with Crippen molar-refractivity contribution in [2.45, 2.75) is 35.7 Å². The molecule has 6 rings (SSSR count). The maximum absolute atomic E-state index is 11.3. The van der Waals surface area contributed by atoms with Gasteiger partial charge in [0, 0.05) is 59.0 Å². The predicted molar refractivity (Wildman–Crippen MR) is 151 cm³/mol. The molecule has 196 valence electrons. The van der Waals surface area contributed by atoms with Crippen molar-refractivity contribution in [1.82, 2.24) is 43.7 Å². The first-order valence-electron chi connectivity index (χ1n) is 11.0. The number of nitrogens with one attached hydrogen (secondary N) is 3. The molecule has 6 heterocycles. The zero-order valence-corrected chi connectivity index (χ0v) is 23.8. The van der Waals surface area contributed by atoms with E-state index in [1.54, 1.807) is 30.6 Å². The predicted octanol–water partition coefficient (Wildman–Crippen LogP) is 4.73. The number of aryl methyl sites for hydroxylation is 2. The van der Waals surface area contributed by atoms with Gasteiger partial charge in [0.1, 0.15) is 10.3 Å². The maximum atomic E-state index is 11.3. The fourth-order valence-corrected chi connectivity index (χ4v) is 6.56. The average molecular weight is 609 g/mol. The van der Waals surface area contributed by atoms with Gasteiger partial charge in [0.25, 0.3) is 11.1 Å². The van der Waals surface area contributed by atoms with Crippen LogP contribution in [0.1, 0.15) is 22.8 Å². The Hall–Kier alpha value is -3.04. The fourth-order valence-electron chi connectivity index (χ4n) is 3.39. The third-order valence-electron chi connectivity index (χ3n) is 5.03. The molecule has 0 aliphatic heterocycles. The van der Waals surface area contributed by atoms with Crippen molar-refractivity contribution in [1.29, 1.82) is 0 Å². The molecular weight excluding hydrogens is 589 g/mol. The molecule has 16 heteroatoms. The molecule has 0 radical (unpaired) electrons. The fraction of sp³-hybridized carbons (Fsp3) is 0.182. The van der Waals surface area contributed by atoms with Crippen LogP contribution in [0.2, 0.25) is 10.3 Å². The van der Waals surface area contributed by atoms with Crippen molar-refractivity contribution in [2.75, 3.05) is 0 Å². The summed E-state index contributed by atoms with van der Waals surface area (Å²) in [5.74, 6) is 1.85. The number of aromatic nitrogens is 9. The van der Waals surface area contributed by atoms with Gasteiger partial charge in [-0.05, 0) is 13.8 Å². The number of halogens is 2. The summed E-state index contributed by atoms with van der Waals surface area (Å²) in [5, 5.41) is 4.30. The molecule has 0 spiro atoms. The van der Waals surface area contributed by atoms with Crippen LogP contribution in [0.4, 0.5) is 0 Å². The van der Waals surface area contributed by atoms with Crippen LogP contribution in [-0.2, 0) is 11.5 Å². The Morgan fingerprint density at radius 1 is 0.868 bits per heavy atom. The molecule has 11 nitrogen and oxygen atoms in total. The molecule has 0 saturated carbocycles. The van der Waals surface area contributed by atoms with Gasteiger partial charge in [-0.25, -0.2) is 19.9 Å². The van der Waals surface area contributed by atoms with E-state index in [0.717, 1.165) is 16.3 Å². The number of H-pyrrole nitrogens is 3. The maximum Gasteiger partial charge on any atom is 0.251 e. The van der Waals surface area contributed by atoms with E-state index in [-0.39, 0.29) is 11.1 Å². The molecule has 3 N–H and O–H groups in total. The number of nitrogens with zero attached hydrogens (tertiary/aromatic N) is 6. The van der Waals surface area contributed by atoms with Crippen LogP contribution in [0.15, 0.2) is 56.0 Å². The van der Waals surface area contributed by atoms with Crippen LogP contribution in [0.5, 0.6) is 0 Å². The molecule has 0 unspecified atom stereocenters. The number of aromatic amines is 3. The highest BCUT2D eigenvalue weighted by atomic mass is 35.5. The van der Waals surface area contributed by atoms with Crippen molar-refractivity contribution < 1.29 is 0 Å². The number of hydrogen-bond acceptors (Lipinski definition) is 9. The number of thiazole rings is 1. The number of rotatable bonds is 6. The van der Waals surface area contributed by atoms with E-state index in [1.807, 2.05) is 16.0 Å². The van der Waals surface area contributed by atoms with E-state index in [4.69, 9.17) is 23.2 Å². The standard InChI is InChI=1S/C11H10ClN5OS.C11H9ClN4OS2/c1-6-4-8(18)16-11(14-6)19-5-7-9(12)17-3-2-13-10(17)15-7;1-6-4-8(17)15-10(13-6)19-5-7-9(12)16-2-3-18-11(16)14-7/h2-4H,5H2,1H3,(H,13,15)(H,14,16,18);2-4H,5H2,1H3,(H,13,15,17). The number of thioether (sulfide) groups is 2. The zero-order valence-electron chi connectivity index (χ0n) is 19.9. The van der Waals surface area contributed by atoms with E-state index in [9.17, 15) is 9.59 Å². The van der Waals surface area contributed by atoms with Crippen molar-refractivity contribution in [3.63, 3.8) is 0 Å². The Morgan fingerprint density at radius 2 is 1.53 bits per heavy atom. The van der Waals surface area contributed by atoms with Gasteiger partial charge in [-0.2, -0.15) is 0 Å². The lowest BCUT2D eigenvalue weighted by molar-refractivity contribution is 0.904. The quantitative estimate of drug-likeness (QED) is 0.182. The molecule has 0 amide bonds. The minimum atomic E-state index is -0.151. The lowest BCUT2D eigenvalue weighted by atomic mass is 10.5. The Labute approximate surface area is 237 Å². The van der Waals surface area contributed by atoms with Crippen LogP contribution in [-0.4, -0.2) is 43.7 Å². The Kier molecular flexibility index (Phi) is 7.95. The Morgan fingerprint density at radius 3 is 2.13 bits per heavy atom. The van der Waals surface area contributed by atoms with Gasteiger partial charge in [0.2, 0.25) is 5.78 Å². The Balaban J connectivity index is 0.000000155. The van der Waals surface area contributed by atoms with Crippen molar-refractivity contribution in [3.8, 4) is 0 Å². The van der Waals surface area contributed by atoms with Crippen molar-refractivity contribution in [2.24, 2.45) is 0 Å². The van der Waals surface area contributed by atoms with Gasteiger partial charge in [-0.1, -0.05) is 46.7 Å². The molecule has 0 bridgehead atoms. The molecular formula is C22H19Cl2N9O2S3. The van der Waals surface area contributed by atoms with Gasteiger partial charge >= 0.3 is 0 Å². The normalized spacial score (nSPS) is 11.3. The second-order valence-corrected chi connectivity index (χ2v) is 11.4. The van der Waals surface area contributed by atoms with Gasteiger partial charge in [-0.3, -0.25) is 18.4 Å². The summed E-state index contributed by atoms with van der Waals surface area (Å²) >= 11 is 16.8. The molecule has 0 aliphatic rings. The number of imidazole rings is 3. The Bertz CT molecular complexity index is 1720. The molecule has 0 aliphatic carbocycles. The minimum Gasteiger partial charge on any atom is -0.325 e. The molecule has 38 heavy (non-hydrogen) atoms. The number of fused-ring (bicyclic) bond motifs is 2. The minimum absolute atomic E-state index is 0.146. The molecule has 6 aromatic heterocycles. The van der Waals surface area contributed by atoms with E-state index in [1.165, 1.54) is 47.0 Å². The lowest BCUT2D eigenvalue weighted by Gasteiger charge is -2.00. The summed E-state index contributed by atoms with van der Waals surface area (Å²) in [7, 11) is 0. The second-order valence-electron chi connectivity index (χ2n) is 7.88. The van der Waals surface area contributed by atoms with Gasteiger partial charge in [0.05, 0.1) is 11.4 Å². The zero-order chi connectivity index (χ0) is 26.8. The van der Waals surface area contributed by atoms with Crippen LogP contribution in [0.25, 0.3) is 10.7 Å². The summed E-state index contributed by atoms with van der Waals surface area (Å²) in [5.41, 5.74) is 2.73. The van der Waals surface area contributed by atoms with Crippen molar-refractivity contribution in [3.05, 3.63) is 89.9 Å². The van der Waals surface area contributed by atoms with Crippen molar-refractivity contribution >= 4 is 68.8 Å². The largest absolute Gasteiger partial charge is 0.325 e. The van der Waals surface area contributed by atoms with Crippen LogP contribution in [0, 0.1) is 13.8 Å². The third kappa shape index (κ3) is 5.99. The van der Waals surface area contributed by atoms with Gasteiger partial charge in [0.15, 0.2) is 15.3 Å². The van der Waals surface area contributed by atoms with E-state index in [0.29, 0.717) is 49.3 Å². The van der Waals surface area contributed by atoms with E-state index >= 15 is 0 Å². The highest BCUT2D eigenvalue weighted by molar-refractivity contribution is 7.98. The topological polar surface area (TPSA) is 142 Å².